The Morgan fingerprint density at radius 2 is 2.24 bits per heavy atom. The minimum atomic E-state index is -0.395. The fourth-order valence-electron chi connectivity index (χ4n) is 1.38. The Kier molecular flexibility index (Phi) is 3.13. The molecule has 2 N–H and O–H groups in total. The molecule has 17 heavy (non-hydrogen) atoms. The van der Waals surface area contributed by atoms with E-state index >= 15 is 0 Å². The number of carbonyl (C=O) groups is 1. The zero-order valence-corrected chi connectivity index (χ0v) is 9.20. The minimum absolute atomic E-state index is 0.0414. The summed E-state index contributed by atoms with van der Waals surface area (Å²) in [7, 11) is 0. The van der Waals surface area contributed by atoms with Crippen LogP contribution in [0.15, 0.2) is 24.3 Å². The number of rotatable bonds is 3. The summed E-state index contributed by atoms with van der Waals surface area (Å²) in [6.07, 6.45) is -0.0414. The summed E-state index contributed by atoms with van der Waals surface area (Å²) >= 11 is 0. The van der Waals surface area contributed by atoms with Gasteiger partial charge in [-0.1, -0.05) is 18.2 Å². The number of halogens is 1. The van der Waals surface area contributed by atoms with Crippen molar-refractivity contribution < 1.29 is 9.18 Å². The molecule has 88 valence electrons. The van der Waals surface area contributed by atoms with Crippen molar-refractivity contribution in [2.45, 2.75) is 13.3 Å². The molecule has 0 spiro atoms. The molecule has 0 radical (unpaired) electrons. The van der Waals surface area contributed by atoms with Gasteiger partial charge in [0.25, 0.3) is 0 Å². The minimum Gasteiger partial charge on any atom is -0.293 e. The molecule has 0 aliphatic carbocycles. The van der Waals surface area contributed by atoms with Gasteiger partial charge in [-0.25, -0.2) is 4.39 Å². The molecular weight excluding hydrogens is 223 g/mol. The summed E-state index contributed by atoms with van der Waals surface area (Å²) in [5.74, 6) is 0.0537. The maximum atomic E-state index is 13.3. The van der Waals surface area contributed by atoms with Crippen molar-refractivity contribution in [1.82, 2.24) is 15.2 Å². The van der Waals surface area contributed by atoms with E-state index < -0.39 is 5.82 Å². The van der Waals surface area contributed by atoms with Gasteiger partial charge in [-0.15, -0.1) is 5.10 Å². The van der Waals surface area contributed by atoms with E-state index in [1.165, 1.54) is 6.07 Å². The number of benzene rings is 1. The largest absolute Gasteiger partial charge is 0.293 e. The Hall–Kier alpha value is -2.24. The van der Waals surface area contributed by atoms with E-state index in [9.17, 15) is 9.18 Å². The maximum absolute atomic E-state index is 13.3. The standard InChI is InChI=1S/C11H11FN4O/c1-7-13-11(16-15-7)14-10(17)6-8-4-2-3-5-9(8)12/h2-5H,6H2,1H3,(H2,13,14,15,16,17). The second-order valence-electron chi connectivity index (χ2n) is 3.56. The Morgan fingerprint density at radius 3 is 2.88 bits per heavy atom. The van der Waals surface area contributed by atoms with Crippen LogP contribution in [0.25, 0.3) is 0 Å². The van der Waals surface area contributed by atoms with Crippen LogP contribution >= 0.6 is 0 Å². The summed E-state index contributed by atoms with van der Waals surface area (Å²) in [5, 5.41) is 8.84. The summed E-state index contributed by atoms with van der Waals surface area (Å²) in [6.45, 7) is 1.72. The normalized spacial score (nSPS) is 10.2. The van der Waals surface area contributed by atoms with Gasteiger partial charge in [0.05, 0.1) is 6.42 Å². The average Bonchev–Trinajstić information content (AvgIpc) is 2.67. The molecule has 0 fully saturated rings. The van der Waals surface area contributed by atoms with Gasteiger partial charge >= 0.3 is 0 Å². The van der Waals surface area contributed by atoms with Crippen LogP contribution in [-0.2, 0) is 11.2 Å². The number of hydrogen-bond donors (Lipinski definition) is 2. The third-order valence-corrected chi connectivity index (χ3v) is 2.16. The topological polar surface area (TPSA) is 70.7 Å². The first kappa shape index (κ1) is 11.3. The highest BCUT2D eigenvalue weighted by Gasteiger charge is 2.09. The first-order valence-corrected chi connectivity index (χ1v) is 5.07. The molecule has 0 aliphatic rings. The fraction of sp³-hybridized carbons (Fsp3) is 0.182. The zero-order chi connectivity index (χ0) is 12.3. The molecular formula is C11H11FN4O. The van der Waals surface area contributed by atoms with Crippen LogP contribution in [0.5, 0.6) is 0 Å². The van der Waals surface area contributed by atoms with Gasteiger partial charge in [0.1, 0.15) is 11.6 Å². The molecule has 0 aliphatic heterocycles. The van der Waals surface area contributed by atoms with Crippen molar-refractivity contribution >= 4 is 11.9 Å². The Labute approximate surface area is 97.1 Å². The van der Waals surface area contributed by atoms with Crippen molar-refractivity contribution in [3.8, 4) is 0 Å². The second kappa shape index (κ2) is 4.73. The zero-order valence-electron chi connectivity index (χ0n) is 9.20. The predicted molar refractivity (Wildman–Crippen MR) is 59.9 cm³/mol. The smallest absolute Gasteiger partial charge is 0.248 e. The van der Waals surface area contributed by atoms with Crippen LogP contribution in [0.3, 0.4) is 0 Å². The van der Waals surface area contributed by atoms with Crippen molar-refractivity contribution in [1.29, 1.82) is 0 Å². The maximum Gasteiger partial charge on any atom is 0.248 e. The molecule has 1 heterocycles. The van der Waals surface area contributed by atoms with Gasteiger partial charge in [-0.05, 0) is 18.6 Å². The number of aromatic amines is 1. The van der Waals surface area contributed by atoms with Crippen molar-refractivity contribution in [3.63, 3.8) is 0 Å². The van der Waals surface area contributed by atoms with E-state index in [1.807, 2.05) is 0 Å². The Morgan fingerprint density at radius 1 is 1.47 bits per heavy atom. The summed E-state index contributed by atoms with van der Waals surface area (Å²) in [5.41, 5.74) is 0.345. The second-order valence-corrected chi connectivity index (χ2v) is 3.56. The molecule has 6 heteroatoms. The predicted octanol–water partition coefficient (Wildman–Crippen LogP) is 1.43. The van der Waals surface area contributed by atoms with E-state index in [0.29, 0.717) is 11.4 Å². The SMILES string of the molecule is Cc1nc(NC(=O)Cc2ccccc2F)n[nH]1. The molecule has 1 amide bonds. The molecule has 0 saturated carbocycles. The first-order chi connectivity index (χ1) is 8.15. The molecule has 2 rings (SSSR count). The number of H-pyrrole nitrogens is 1. The number of aromatic nitrogens is 3. The lowest BCUT2D eigenvalue weighted by atomic mass is 10.1. The van der Waals surface area contributed by atoms with E-state index in [-0.39, 0.29) is 18.3 Å². The van der Waals surface area contributed by atoms with Crippen LogP contribution in [0, 0.1) is 12.7 Å². The number of anilines is 1. The number of aryl methyl sites for hydroxylation is 1. The summed E-state index contributed by atoms with van der Waals surface area (Å²) < 4.78 is 13.3. The Bertz CT molecular complexity index is 538. The van der Waals surface area contributed by atoms with Crippen LogP contribution in [0.2, 0.25) is 0 Å². The van der Waals surface area contributed by atoms with E-state index in [1.54, 1.807) is 25.1 Å². The average molecular weight is 234 g/mol. The number of carbonyl (C=O) groups excluding carboxylic acids is 1. The van der Waals surface area contributed by atoms with Gasteiger partial charge < -0.3 is 0 Å². The van der Waals surface area contributed by atoms with Crippen LogP contribution < -0.4 is 5.32 Å². The lowest BCUT2D eigenvalue weighted by molar-refractivity contribution is -0.115. The lowest BCUT2D eigenvalue weighted by Crippen LogP contribution is -2.16. The quantitative estimate of drug-likeness (QED) is 0.844. The van der Waals surface area contributed by atoms with Crippen molar-refractivity contribution in [2.24, 2.45) is 0 Å². The van der Waals surface area contributed by atoms with Gasteiger partial charge in [0.15, 0.2) is 0 Å². The van der Waals surface area contributed by atoms with E-state index in [2.05, 4.69) is 20.5 Å². The first-order valence-electron chi connectivity index (χ1n) is 5.07. The van der Waals surface area contributed by atoms with Gasteiger partial charge in [0, 0.05) is 0 Å². The van der Waals surface area contributed by atoms with Crippen LogP contribution in [-0.4, -0.2) is 21.1 Å². The van der Waals surface area contributed by atoms with Crippen LogP contribution in [0.4, 0.5) is 10.3 Å². The third kappa shape index (κ3) is 2.87. The molecule has 1 aromatic carbocycles. The number of amides is 1. The summed E-state index contributed by atoms with van der Waals surface area (Å²) in [4.78, 5) is 15.5. The molecule has 5 nitrogen and oxygen atoms in total. The molecule has 0 bridgehead atoms. The number of hydrogen-bond acceptors (Lipinski definition) is 3. The van der Waals surface area contributed by atoms with Crippen molar-refractivity contribution in [3.05, 3.63) is 41.5 Å². The fourth-order valence-corrected chi connectivity index (χ4v) is 1.38. The molecule has 0 saturated heterocycles. The molecule has 2 aromatic rings. The molecule has 0 unspecified atom stereocenters. The molecule has 1 aromatic heterocycles. The van der Waals surface area contributed by atoms with Gasteiger partial charge in [-0.2, -0.15) is 4.98 Å². The van der Waals surface area contributed by atoms with Gasteiger partial charge in [-0.3, -0.25) is 15.2 Å². The molecule has 0 atom stereocenters. The third-order valence-electron chi connectivity index (χ3n) is 2.16. The lowest BCUT2D eigenvalue weighted by Gasteiger charge is -2.02. The van der Waals surface area contributed by atoms with Gasteiger partial charge in [0.2, 0.25) is 11.9 Å². The highest BCUT2D eigenvalue weighted by atomic mass is 19.1. The van der Waals surface area contributed by atoms with Crippen LogP contribution in [0.1, 0.15) is 11.4 Å². The number of nitrogens with zero attached hydrogens (tertiary/aromatic N) is 2. The highest BCUT2D eigenvalue weighted by Crippen LogP contribution is 2.08. The monoisotopic (exact) mass is 234 g/mol. The van der Waals surface area contributed by atoms with Crippen molar-refractivity contribution in [2.75, 3.05) is 5.32 Å². The number of nitrogens with one attached hydrogen (secondary N) is 2. The Balaban J connectivity index is 2.01. The highest BCUT2D eigenvalue weighted by molar-refractivity contribution is 5.90. The van der Waals surface area contributed by atoms with E-state index in [4.69, 9.17) is 0 Å². The summed E-state index contributed by atoms with van der Waals surface area (Å²) in [6, 6.07) is 6.15. The van der Waals surface area contributed by atoms with E-state index in [0.717, 1.165) is 0 Å².